The molecule has 1 heterocycles. The van der Waals surface area contributed by atoms with Crippen molar-refractivity contribution >= 4 is 29.9 Å². The van der Waals surface area contributed by atoms with E-state index in [2.05, 4.69) is 0 Å². The third-order valence-corrected chi connectivity index (χ3v) is 4.02. The van der Waals surface area contributed by atoms with Gasteiger partial charge in [0.2, 0.25) is 5.91 Å². The topological polar surface area (TPSA) is 55.6 Å². The average Bonchev–Trinajstić information content (AvgIpc) is 2.50. The maximum atomic E-state index is 12.3. The summed E-state index contributed by atoms with van der Waals surface area (Å²) in [5, 5.41) is 0.696. The quantitative estimate of drug-likeness (QED) is 0.805. The van der Waals surface area contributed by atoms with Crippen molar-refractivity contribution in [2.24, 2.45) is 5.73 Å². The molecule has 1 aliphatic heterocycles. The number of likely N-dealkylation sites (tertiary alicyclic amines) is 1. The average molecular weight is 347 g/mol. The van der Waals surface area contributed by atoms with Gasteiger partial charge in [-0.2, -0.15) is 0 Å². The summed E-state index contributed by atoms with van der Waals surface area (Å²) in [6.07, 6.45) is 3.44. The largest absolute Gasteiger partial charge is 0.378 e. The van der Waals surface area contributed by atoms with E-state index in [9.17, 15) is 4.79 Å². The predicted molar refractivity (Wildman–Crippen MR) is 91.6 cm³/mol. The summed E-state index contributed by atoms with van der Waals surface area (Å²) in [7, 11) is 0. The first-order valence-electron chi connectivity index (χ1n) is 7.53. The molecule has 0 saturated carbocycles. The van der Waals surface area contributed by atoms with Gasteiger partial charge in [-0.05, 0) is 43.5 Å². The Morgan fingerprint density at radius 3 is 2.50 bits per heavy atom. The van der Waals surface area contributed by atoms with Gasteiger partial charge >= 0.3 is 0 Å². The highest BCUT2D eigenvalue weighted by Crippen LogP contribution is 2.16. The van der Waals surface area contributed by atoms with Crippen LogP contribution in [0.4, 0.5) is 0 Å². The molecule has 1 fully saturated rings. The van der Waals surface area contributed by atoms with Crippen LogP contribution in [0.3, 0.4) is 0 Å². The van der Waals surface area contributed by atoms with Gasteiger partial charge in [0.15, 0.2) is 0 Å². The van der Waals surface area contributed by atoms with Gasteiger partial charge in [0.05, 0.1) is 12.5 Å². The van der Waals surface area contributed by atoms with E-state index in [0.717, 1.165) is 44.5 Å². The van der Waals surface area contributed by atoms with Gasteiger partial charge in [-0.15, -0.1) is 12.4 Å². The number of halogens is 2. The van der Waals surface area contributed by atoms with E-state index in [1.54, 1.807) is 0 Å². The van der Waals surface area contributed by atoms with Crippen molar-refractivity contribution in [2.45, 2.75) is 31.8 Å². The van der Waals surface area contributed by atoms with E-state index < -0.39 is 0 Å². The van der Waals surface area contributed by atoms with Crippen LogP contribution in [0.5, 0.6) is 0 Å². The number of carbonyl (C=O) groups excluding carboxylic acids is 1. The number of ether oxygens (including phenoxy) is 1. The molecule has 0 unspecified atom stereocenters. The van der Waals surface area contributed by atoms with Crippen molar-refractivity contribution in [1.29, 1.82) is 0 Å². The van der Waals surface area contributed by atoms with E-state index in [-0.39, 0.29) is 24.4 Å². The van der Waals surface area contributed by atoms with E-state index in [1.807, 2.05) is 29.2 Å². The van der Waals surface area contributed by atoms with Gasteiger partial charge < -0.3 is 15.4 Å². The predicted octanol–water partition coefficient (Wildman–Crippen LogP) is 2.66. The highest BCUT2D eigenvalue weighted by Gasteiger charge is 2.23. The lowest BCUT2D eigenvalue weighted by Crippen LogP contribution is -2.41. The molecule has 4 nitrogen and oxygen atoms in total. The molecule has 124 valence electrons. The number of amides is 1. The van der Waals surface area contributed by atoms with Gasteiger partial charge in [-0.25, -0.2) is 0 Å². The van der Waals surface area contributed by atoms with Crippen LogP contribution in [0.1, 0.15) is 24.8 Å². The number of rotatable bonds is 6. The van der Waals surface area contributed by atoms with Crippen molar-refractivity contribution in [3.8, 4) is 0 Å². The first-order valence-corrected chi connectivity index (χ1v) is 7.90. The molecule has 2 N–H and O–H groups in total. The minimum atomic E-state index is 0. The molecule has 0 aliphatic carbocycles. The number of nitrogens with two attached hydrogens (primary N) is 1. The van der Waals surface area contributed by atoms with E-state index in [1.165, 1.54) is 0 Å². The number of benzene rings is 1. The molecular weight excluding hydrogens is 323 g/mol. The van der Waals surface area contributed by atoms with Crippen LogP contribution in [-0.4, -0.2) is 43.2 Å². The lowest BCUT2D eigenvalue weighted by molar-refractivity contribution is -0.133. The molecule has 0 atom stereocenters. The van der Waals surface area contributed by atoms with E-state index in [4.69, 9.17) is 22.1 Å². The molecule has 6 heteroatoms. The second-order valence-corrected chi connectivity index (χ2v) is 5.83. The van der Waals surface area contributed by atoms with Crippen LogP contribution in [0.15, 0.2) is 24.3 Å². The summed E-state index contributed by atoms with van der Waals surface area (Å²) >= 11 is 5.85. The van der Waals surface area contributed by atoms with Crippen LogP contribution in [-0.2, 0) is 16.0 Å². The summed E-state index contributed by atoms with van der Waals surface area (Å²) < 4.78 is 5.75. The standard InChI is InChI=1S/C16H23ClN2O2.ClH/c17-14-4-2-13(3-5-14)12-16(20)19-9-6-15(7-10-19)21-11-1-8-18;/h2-5,15H,1,6-12,18H2;1H. The maximum Gasteiger partial charge on any atom is 0.226 e. The van der Waals surface area contributed by atoms with Crippen molar-refractivity contribution in [3.63, 3.8) is 0 Å². The number of hydrogen-bond donors (Lipinski definition) is 1. The van der Waals surface area contributed by atoms with Crippen LogP contribution in [0.25, 0.3) is 0 Å². The Labute approximate surface area is 143 Å². The fraction of sp³-hybridized carbons (Fsp3) is 0.562. The normalized spacial score (nSPS) is 15.5. The Bertz CT molecular complexity index is 446. The van der Waals surface area contributed by atoms with Crippen LogP contribution in [0, 0.1) is 0 Å². The second-order valence-electron chi connectivity index (χ2n) is 5.40. The van der Waals surface area contributed by atoms with Gasteiger partial charge in [-0.3, -0.25) is 4.79 Å². The molecule has 1 amide bonds. The Morgan fingerprint density at radius 2 is 1.91 bits per heavy atom. The van der Waals surface area contributed by atoms with Crippen molar-refractivity contribution in [1.82, 2.24) is 4.90 Å². The number of nitrogens with zero attached hydrogens (tertiary/aromatic N) is 1. The van der Waals surface area contributed by atoms with Crippen molar-refractivity contribution < 1.29 is 9.53 Å². The highest BCUT2D eigenvalue weighted by atomic mass is 35.5. The lowest BCUT2D eigenvalue weighted by atomic mass is 10.1. The fourth-order valence-electron chi connectivity index (χ4n) is 2.49. The molecule has 0 spiro atoms. The zero-order valence-corrected chi connectivity index (χ0v) is 14.2. The molecule has 1 saturated heterocycles. The summed E-state index contributed by atoms with van der Waals surface area (Å²) in [4.78, 5) is 14.2. The van der Waals surface area contributed by atoms with Crippen LogP contribution >= 0.6 is 24.0 Å². The highest BCUT2D eigenvalue weighted by molar-refractivity contribution is 6.30. The molecule has 0 aromatic heterocycles. The summed E-state index contributed by atoms with van der Waals surface area (Å²) in [5.41, 5.74) is 6.45. The molecule has 1 aromatic carbocycles. The second kappa shape index (κ2) is 10.1. The van der Waals surface area contributed by atoms with Gasteiger partial charge in [0.25, 0.3) is 0 Å². The smallest absolute Gasteiger partial charge is 0.226 e. The Hall–Kier alpha value is -0.810. The van der Waals surface area contributed by atoms with Gasteiger partial charge in [0, 0.05) is 24.7 Å². The summed E-state index contributed by atoms with van der Waals surface area (Å²) in [5.74, 6) is 0.178. The molecule has 22 heavy (non-hydrogen) atoms. The Kier molecular flexibility index (Phi) is 8.79. The molecule has 1 aromatic rings. The molecule has 1 aliphatic rings. The third kappa shape index (κ3) is 6.13. The zero-order chi connectivity index (χ0) is 15.1. The minimum absolute atomic E-state index is 0. The third-order valence-electron chi connectivity index (χ3n) is 3.77. The lowest BCUT2D eigenvalue weighted by Gasteiger charge is -2.32. The summed E-state index contributed by atoms with van der Waals surface area (Å²) in [6, 6.07) is 7.45. The Morgan fingerprint density at radius 1 is 1.27 bits per heavy atom. The number of hydrogen-bond acceptors (Lipinski definition) is 3. The molecule has 0 radical (unpaired) electrons. The Balaban J connectivity index is 0.00000242. The molecule has 2 rings (SSSR count). The molecular formula is C16H24Cl2N2O2. The minimum Gasteiger partial charge on any atom is -0.378 e. The monoisotopic (exact) mass is 346 g/mol. The number of piperidine rings is 1. The van der Waals surface area contributed by atoms with Crippen molar-refractivity contribution in [3.05, 3.63) is 34.9 Å². The van der Waals surface area contributed by atoms with E-state index >= 15 is 0 Å². The maximum absolute atomic E-state index is 12.3. The zero-order valence-electron chi connectivity index (χ0n) is 12.7. The first kappa shape index (κ1) is 19.2. The van der Waals surface area contributed by atoms with Gasteiger partial charge in [0.1, 0.15) is 0 Å². The van der Waals surface area contributed by atoms with E-state index in [0.29, 0.717) is 18.0 Å². The first-order chi connectivity index (χ1) is 10.2. The fourth-order valence-corrected chi connectivity index (χ4v) is 2.62. The SMILES string of the molecule is Cl.NCCCOC1CCN(C(=O)Cc2ccc(Cl)cc2)CC1. The van der Waals surface area contributed by atoms with Gasteiger partial charge in [-0.1, -0.05) is 23.7 Å². The van der Waals surface area contributed by atoms with Crippen molar-refractivity contribution in [2.75, 3.05) is 26.2 Å². The summed E-state index contributed by atoms with van der Waals surface area (Å²) in [6.45, 7) is 2.94. The van der Waals surface area contributed by atoms with Crippen LogP contribution < -0.4 is 5.73 Å². The van der Waals surface area contributed by atoms with Crippen LogP contribution in [0.2, 0.25) is 5.02 Å². The molecule has 0 bridgehead atoms. The number of carbonyl (C=O) groups is 1.